The van der Waals surface area contributed by atoms with Crippen molar-refractivity contribution < 1.29 is 17.6 Å². The van der Waals surface area contributed by atoms with E-state index in [1.165, 1.54) is 18.3 Å². The Morgan fingerprint density at radius 2 is 1.46 bits per heavy atom. The van der Waals surface area contributed by atoms with E-state index in [0.29, 0.717) is 15.7 Å². The maximum atomic E-state index is 12.4. The fourth-order valence-corrected chi connectivity index (χ4v) is 2.73. The molecule has 0 aliphatic rings. The molecule has 10 heteroatoms. The summed E-state index contributed by atoms with van der Waals surface area (Å²) in [7, 11) is 0. The fraction of sp³-hybridized carbons (Fsp3) is 0.0625. The van der Waals surface area contributed by atoms with Crippen molar-refractivity contribution in [2.24, 2.45) is 0 Å². The first-order valence-electron chi connectivity index (χ1n) is 6.77. The number of hydrogen-bond donors (Lipinski definition) is 0. The van der Waals surface area contributed by atoms with Crippen LogP contribution in [0.1, 0.15) is 5.69 Å². The van der Waals surface area contributed by atoms with Crippen molar-refractivity contribution in [1.29, 1.82) is 0 Å². The SMILES string of the molecule is FC(F)(F)c1ccn(-c2ccc(I)c(Cl)c2)n1.Fc1ccc(I)c(Cl)c1. The molecule has 0 saturated carbocycles. The van der Waals surface area contributed by atoms with E-state index >= 15 is 0 Å². The molecule has 3 aromatic rings. The van der Waals surface area contributed by atoms with Crippen molar-refractivity contribution in [1.82, 2.24) is 9.78 Å². The summed E-state index contributed by atoms with van der Waals surface area (Å²) in [6, 6.07) is 10.2. The van der Waals surface area contributed by atoms with Crippen molar-refractivity contribution >= 4 is 68.4 Å². The van der Waals surface area contributed by atoms with Gasteiger partial charge in [-0.2, -0.15) is 18.3 Å². The molecular weight excluding hydrogens is 621 g/mol. The minimum absolute atomic E-state index is 0.291. The summed E-state index contributed by atoms with van der Waals surface area (Å²) in [6.45, 7) is 0. The molecule has 0 aliphatic carbocycles. The van der Waals surface area contributed by atoms with Crippen molar-refractivity contribution in [3.63, 3.8) is 0 Å². The zero-order chi connectivity index (χ0) is 19.5. The van der Waals surface area contributed by atoms with E-state index in [9.17, 15) is 17.6 Å². The average Bonchev–Trinajstić information content (AvgIpc) is 3.05. The Morgan fingerprint density at radius 3 is 1.92 bits per heavy atom. The van der Waals surface area contributed by atoms with Crippen LogP contribution >= 0.6 is 68.4 Å². The predicted octanol–water partition coefficient (Wildman–Crippen LogP) is 7.23. The van der Waals surface area contributed by atoms with Gasteiger partial charge in [0.05, 0.1) is 15.7 Å². The number of nitrogens with zero attached hydrogens (tertiary/aromatic N) is 2. The smallest absolute Gasteiger partial charge is 0.240 e. The molecule has 0 spiro atoms. The minimum Gasteiger partial charge on any atom is -0.240 e. The lowest BCUT2D eigenvalue weighted by Gasteiger charge is -2.04. The van der Waals surface area contributed by atoms with Crippen LogP contribution < -0.4 is 0 Å². The highest BCUT2D eigenvalue weighted by molar-refractivity contribution is 14.1. The highest BCUT2D eigenvalue weighted by atomic mass is 127. The quantitative estimate of drug-likeness (QED) is 0.158. The van der Waals surface area contributed by atoms with Gasteiger partial charge in [0, 0.05) is 13.3 Å². The van der Waals surface area contributed by atoms with E-state index in [1.807, 2.05) is 45.2 Å². The highest BCUT2D eigenvalue weighted by Crippen LogP contribution is 2.28. The maximum Gasteiger partial charge on any atom is 0.435 e. The second-order valence-electron chi connectivity index (χ2n) is 4.80. The summed E-state index contributed by atoms with van der Waals surface area (Å²) in [5.41, 5.74) is -0.432. The van der Waals surface area contributed by atoms with Gasteiger partial charge >= 0.3 is 6.18 Å². The Morgan fingerprint density at radius 1 is 0.885 bits per heavy atom. The van der Waals surface area contributed by atoms with Gasteiger partial charge in [-0.25, -0.2) is 9.07 Å². The summed E-state index contributed by atoms with van der Waals surface area (Å²) in [6.07, 6.45) is -3.18. The normalized spacial score (nSPS) is 11.1. The van der Waals surface area contributed by atoms with Crippen LogP contribution in [0.15, 0.2) is 48.7 Å². The van der Waals surface area contributed by atoms with E-state index in [4.69, 9.17) is 23.2 Å². The van der Waals surface area contributed by atoms with Gasteiger partial charge in [0.2, 0.25) is 0 Å². The van der Waals surface area contributed by atoms with E-state index in [-0.39, 0.29) is 5.82 Å². The molecule has 0 radical (unpaired) electrons. The summed E-state index contributed by atoms with van der Waals surface area (Å²) >= 11 is 15.5. The first kappa shape index (κ1) is 21.7. The minimum atomic E-state index is -4.43. The number of alkyl halides is 3. The zero-order valence-corrected chi connectivity index (χ0v) is 18.4. The third-order valence-corrected chi connectivity index (χ3v) is 6.07. The largest absolute Gasteiger partial charge is 0.435 e. The van der Waals surface area contributed by atoms with Crippen LogP contribution in [-0.2, 0) is 6.18 Å². The third-order valence-electron chi connectivity index (χ3n) is 2.93. The first-order valence-corrected chi connectivity index (χ1v) is 9.68. The van der Waals surface area contributed by atoms with E-state index in [0.717, 1.165) is 17.9 Å². The van der Waals surface area contributed by atoms with Gasteiger partial charge in [-0.1, -0.05) is 23.2 Å². The molecule has 3 rings (SSSR count). The van der Waals surface area contributed by atoms with Crippen LogP contribution in [0.3, 0.4) is 0 Å². The molecule has 1 heterocycles. The molecule has 138 valence electrons. The summed E-state index contributed by atoms with van der Waals surface area (Å²) < 4.78 is 52.2. The zero-order valence-electron chi connectivity index (χ0n) is 12.5. The molecule has 2 nitrogen and oxygen atoms in total. The number of rotatable bonds is 1. The van der Waals surface area contributed by atoms with E-state index < -0.39 is 11.9 Å². The van der Waals surface area contributed by atoms with Crippen LogP contribution in [0.25, 0.3) is 5.69 Å². The number of halogens is 8. The molecule has 0 N–H and O–H groups in total. The second kappa shape index (κ2) is 9.07. The van der Waals surface area contributed by atoms with Gasteiger partial charge in [-0.15, -0.1) is 0 Å². The molecule has 1 aromatic heterocycles. The average molecular weight is 629 g/mol. The van der Waals surface area contributed by atoms with E-state index in [2.05, 4.69) is 5.10 Å². The lowest BCUT2D eigenvalue weighted by molar-refractivity contribution is -0.141. The molecule has 0 unspecified atom stereocenters. The molecule has 0 amide bonds. The molecule has 0 bridgehead atoms. The van der Waals surface area contributed by atoms with Gasteiger partial charge in [-0.05, 0) is 87.6 Å². The standard InChI is InChI=1S/C10H5ClF3IN2.C6H3ClFI/c11-7-5-6(1-2-8(7)15)17-4-3-9(16-17)10(12,13)14;7-5-3-4(8)1-2-6(5)9/h1-5H;1-3H. The van der Waals surface area contributed by atoms with Crippen molar-refractivity contribution in [2.75, 3.05) is 0 Å². The van der Waals surface area contributed by atoms with Gasteiger partial charge < -0.3 is 0 Å². The Hall–Kier alpha value is -0.590. The summed E-state index contributed by atoms with van der Waals surface area (Å²) in [4.78, 5) is 0. The topological polar surface area (TPSA) is 17.8 Å². The molecule has 26 heavy (non-hydrogen) atoms. The molecular formula is C16H8Cl2F4I2N2. The fourth-order valence-electron chi connectivity index (χ4n) is 1.72. The first-order chi connectivity index (χ1) is 12.1. The maximum absolute atomic E-state index is 12.4. The van der Waals surface area contributed by atoms with Crippen LogP contribution in [0.2, 0.25) is 10.0 Å². The van der Waals surface area contributed by atoms with Crippen LogP contribution in [0.5, 0.6) is 0 Å². The van der Waals surface area contributed by atoms with Crippen LogP contribution in [-0.4, -0.2) is 9.78 Å². The Bertz CT molecular complexity index is 914. The van der Waals surface area contributed by atoms with Gasteiger partial charge in [0.15, 0.2) is 5.69 Å². The predicted molar refractivity (Wildman–Crippen MR) is 110 cm³/mol. The lowest BCUT2D eigenvalue weighted by atomic mass is 10.3. The monoisotopic (exact) mass is 628 g/mol. The molecule has 2 aromatic carbocycles. The second-order valence-corrected chi connectivity index (χ2v) is 7.94. The summed E-state index contributed by atoms with van der Waals surface area (Å²) in [5.74, 6) is -0.291. The molecule has 0 atom stereocenters. The Kier molecular flexibility index (Phi) is 7.57. The van der Waals surface area contributed by atoms with Crippen molar-refractivity contribution in [3.8, 4) is 5.69 Å². The molecule has 0 saturated heterocycles. The van der Waals surface area contributed by atoms with Gasteiger partial charge in [0.25, 0.3) is 0 Å². The third kappa shape index (κ3) is 5.96. The van der Waals surface area contributed by atoms with Crippen LogP contribution in [0.4, 0.5) is 17.6 Å². The van der Waals surface area contributed by atoms with Gasteiger partial charge in [-0.3, -0.25) is 0 Å². The van der Waals surface area contributed by atoms with Crippen LogP contribution in [0, 0.1) is 13.0 Å². The van der Waals surface area contributed by atoms with Gasteiger partial charge in [0.1, 0.15) is 5.82 Å². The Balaban J connectivity index is 0.000000228. The number of hydrogen-bond acceptors (Lipinski definition) is 1. The summed E-state index contributed by atoms with van der Waals surface area (Å²) in [5, 5.41) is 4.40. The van der Waals surface area contributed by atoms with Crippen molar-refractivity contribution in [3.05, 3.63) is 77.4 Å². The highest BCUT2D eigenvalue weighted by Gasteiger charge is 2.33. The molecule has 0 aliphatic heterocycles. The van der Waals surface area contributed by atoms with E-state index in [1.54, 1.807) is 24.3 Å². The lowest BCUT2D eigenvalue weighted by Crippen LogP contribution is -2.07. The number of aromatic nitrogens is 2. The Labute approximate surface area is 183 Å². The number of benzene rings is 2. The van der Waals surface area contributed by atoms with Crippen molar-refractivity contribution in [2.45, 2.75) is 6.18 Å². The molecule has 0 fully saturated rings.